The summed E-state index contributed by atoms with van der Waals surface area (Å²) >= 11 is 0. The van der Waals surface area contributed by atoms with E-state index in [0.717, 1.165) is 46.7 Å². The van der Waals surface area contributed by atoms with Crippen molar-refractivity contribution in [3.05, 3.63) is 95.8 Å². The number of carbonyl (C=O) groups excluding carboxylic acids is 1. The molecule has 0 spiro atoms. The molecule has 7 nitrogen and oxygen atoms in total. The Morgan fingerprint density at radius 1 is 1.03 bits per heavy atom. The standard InChI is InChI=1S/C28H26N4O3/c1-19-5-4-14-32-17-22(29-26(19)32)18-34-23-10-8-21(9-11-23)28(33)31-15-12-20(13-16-31)27-30-24-6-2-3-7-25(24)35-27/h2-11,14,17,20H,12-13,15-16,18H2,1H3. The molecule has 2 aromatic carbocycles. The van der Waals surface area contributed by atoms with Crippen LogP contribution in [0.15, 0.2) is 77.5 Å². The van der Waals surface area contributed by atoms with E-state index in [-0.39, 0.29) is 11.8 Å². The summed E-state index contributed by atoms with van der Waals surface area (Å²) in [6, 6.07) is 19.2. The zero-order valence-electron chi connectivity index (χ0n) is 19.6. The maximum Gasteiger partial charge on any atom is 0.253 e. The number of piperidine rings is 1. The number of hydrogen-bond acceptors (Lipinski definition) is 5. The Kier molecular flexibility index (Phi) is 5.45. The van der Waals surface area contributed by atoms with Gasteiger partial charge in [0.05, 0.1) is 5.69 Å². The van der Waals surface area contributed by atoms with Gasteiger partial charge in [-0.1, -0.05) is 18.2 Å². The molecule has 5 aromatic rings. The lowest BCUT2D eigenvalue weighted by Gasteiger charge is -2.30. The lowest BCUT2D eigenvalue weighted by Crippen LogP contribution is -2.37. The highest BCUT2D eigenvalue weighted by Gasteiger charge is 2.27. The van der Waals surface area contributed by atoms with Crippen LogP contribution in [0.5, 0.6) is 5.75 Å². The van der Waals surface area contributed by atoms with E-state index in [9.17, 15) is 4.79 Å². The number of para-hydroxylation sites is 2. The number of aryl methyl sites for hydroxylation is 1. The van der Waals surface area contributed by atoms with Crippen molar-refractivity contribution in [1.82, 2.24) is 19.3 Å². The van der Waals surface area contributed by atoms with Crippen LogP contribution in [0.4, 0.5) is 0 Å². The molecule has 1 saturated heterocycles. The first-order valence-electron chi connectivity index (χ1n) is 11.9. The molecule has 1 aliphatic rings. The molecule has 0 radical (unpaired) electrons. The van der Waals surface area contributed by atoms with Gasteiger partial charge in [-0.15, -0.1) is 0 Å². The molecular formula is C28H26N4O3. The van der Waals surface area contributed by atoms with Crippen LogP contribution in [0.25, 0.3) is 16.7 Å². The fourth-order valence-electron chi connectivity index (χ4n) is 4.70. The molecule has 0 aliphatic carbocycles. The van der Waals surface area contributed by atoms with Gasteiger partial charge in [0, 0.05) is 37.0 Å². The van der Waals surface area contributed by atoms with E-state index in [2.05, 4.69) is 9.97 Å². The van der Waals surface area contributed by atoms with Crippen LogP contribution in [0.2, 0.25) is 0 Å². The number of fused-ring (bicyclic) bond motifs is 2. The number of oxazole rings is 1. The Morgan fingerprint density at radius 3 is 2.60 bits per heavy atom. The molecule has 3 aromatic heterocycles. The maximum atomic E-state index is 13.0. The third-order valence-corrected chi connectivity index (χ3v) is 6.66. The van der Waals surface area contributed by atoms with Crippen LogP contribution < -0.4 is 4.74 Å². The second-order valence-corrected chi connectivity index (χ2v) is 9.05. The molecule has 1 fully saturated rings. The highest BCUT2D eigenvalue weighted by molar-refractivity contribution is 5.94. The van der Waals surface area contributed by atoms with Gasteiger partial charge < -0.3 is 18.5 Å². The van der Waals surface area contributed by atoms with E-state index in [1.165, 1.54) is 0 Å². The second kappa shape index (κ2) is 8.91. The van der Waals surface area contributed by atoms with E-state index in [1.54, 1.807) is 0 Å². The molecule has 4 heterocycles. The number of benzene rings is 2. The zero-order chi connectivity index (χ0) is 23.8. The molecule has 0 bridgehead atoms. The van der Waals surface area contributed by atoms with Crippen LogP contribution in [-0.4, -0.2) is 38.3 Å². The van der Waals surface area contributed by atoms with Crippen molar-refractivity contribution < 1.29 is 13.9 Å². The minimum atomic E-state index is 0.0448. The molecular weight excluding hydrogens is 440 g/mol. The number of nitrogens with zero attached hydrogens (tertiary/aromatic N) is 4. The lowest BCUT2D eigenvalue weighted by atomic mass is 9.96. The number of likely N-dealkylation sites (tertiary alicyclic amines) is 1. The Hall–Kier alpha value is -4.13. The Balaban J connectivity index is 1.05. The van der Waals surface area contributed by atoms with Gasteiger partial charge >= 0.3 is 0 Å². The van der Waals surface area contributed by atoms with E-state index >= 15 is 0 Å². The Morgan fingerprint density at radius 2 is 1.83 bits per heavy atom. The van der Waals surface area contributed by atoms with Crippen molar-refractivity contribution in [2.45, 2.75) is 32.3 Å². The fraction of sp³-hybridized carbons (Fsp3) is 0.250. The third-order valence-electron chi connectivity index (χ3n) is 6.66. The predicted octanol–water partition coefficient (Wildman–Crippen LogP) is 5.38. The van der Waals surface area contributed by atoms with Gasteiger partial charge in [0.15, 0.2) is 11.5 Å². The summed E-state index contributed by atoms with van der Waals surface area (Å²) in [5.74, 6) is 1.78. The van der Waals surface area contributed by atoms with E-state index in [1.807, 2.05) is 89.3 Å². The number of aromatic nitrogens is 3. The molecule has 35 heavy (non-hydrogen) atoms. The topological polar surface area (TPSA) is 72.9 Å². The zero-order valence-corrected chi connectivity index (χ0v) is 19.6. The van der Waals surface area contributed by atoms with Crippen molar-refractivity contribution in [2.24, 2.45) is 0 Å². The third kappa shape index (κ3) is 4.25. The van der Waals surface area contributed by atoms with Crippen molar-refractivity contribution in [2.75, 3.05) is 13.1 Å². The van der Waals surface area contributed by atoms with Gasteiger partial charge in [-0.2, -0.15) is 0 Å². The number of pyridine rings is 1. The summed E-state index contributed by atoms with van der Waals surface area (Å²) in [5.41, 5.74) is 5.30. The number of carbonyl (C=O) groups is 1. The van der Waals surface area contributed by atoms with Gasteiger partial charge in [-0.3, -0.25) is 4.79 Å². The fourth-order valence-corrected chi connectivity index (χ4v) is 4.70. The smallest absolute Gasteiger partial charge is 0.253 e. The molecule has 1 amide bonds. The Bertz CT molecular complexity index is 1460. The first-order valence-corrected chi connectivity index (χ1v) is 11.9. The quantitative estimate of drug-likeness (QED) is 0.348. The monoisotopic (exact) mass is 466 g/mol. The van der Waals surface area contributed by atoms with Gasteiger partial charge in [0.25, 0.3) is 5.91 Å². The number of hydrogen-bond donors (Lipinski definition) is 0. The molecule has 0 unspecified atom stereocenters. The van der Waals surface area contributed by atoms with Crippen molar-refractivity contribution in [3.8, 4) is 5.75 Å². The molecule has 7 heteroatoms. The van der Waals surface area contributed by atoms with E-state index in [0.29, 0.717) is 31.0 Å². The van der Waals surface area contributed by atoms with Crippen LogP contribution in [0.3, 0.4) is 0 Å². The van der Waals surface area contributed by atoms with Gasteiger partial charge in [-0.05, 0) is 67.8 Å². The average Bonchev–Trinajstić information content (AvgIpc) is 3.52. The van der Waals surface area contributed by atoms with Crippen LogP contribution in [0, 0.1) is 6.92 Å². The summed E-state index contributed by atoms with van der Waals surface area (Å²) in [6.45, 7) is 3.79. The first kappa shape index (κ1) is 21.4. The lowest BCUT2D eigenvalue weighted by molar-refractivity contribution is 0.0706. The van der Waals surface area contributed by atoms with Gasteiger partial charge in [0.2, 0.25) is 0 Å². The van der Waals surface area contributed by atoms with Crippen molar-refractivity contribution in [3.63, 3.8) is 0 Å². The number of imidazole rings is 1. The van der Waals surface area contributed by atoms with Crippen molar-refractivity contribution in [1.29, 1.82) is 0 Å². The number of amides is 1. The molecule has 0 N–H and O–H groups in total. The minimum absolute atomic E-state index is 0.0448. The summed E-state index contributed by atoms with van der Waals surface area (Å²) in [4.78, 5) is 24.2. The molecule has 6 rings (SSSR count). The van der Waals surface area contributed by atoms with Gasteiger partial charge in [0.1, 0.15) is 23.5 Å². The number of rotatable bonds is 5. The maximum absolute atomic E-state index is 13.0. The summed E-state index contributed by atoms with van der Waals surface area (Å²) in [7, 11) is 0. The Labute approximate surface area is 203 Å². The normalized spacial score (nSPS) is 14.6. The van der Waals surface area contributed by atoms with Crippen LogP contribution >= 0.6 is 0 Å². The minimum Gasteiger partial charge on any atom is -0.487 e. The first-order chi connectivity index (χ1) is 17.1. The summed E-state index contributed by atoms with van der Waals surface area (Å²) in [5, 5.41) is 0. The van der Waals surface area contributed by atoms with E-state index < -0.39 is 0 Å². The predicted molar refractivity (Wildman–Crippen MR) is 133 cm³/mol. The largest absolute Gasteiger partial charge is 0.487 e. The highest BCUT2D eigenvalue weighted by atomic mass is 16.5. The van der Waals surface area contributed by atoms with Crippen LogP contribution in [-0.2, 0) is 6.61 Å². The number of ether oxygens (including phenoxy) is 1. The second-order valence-electron chi connectivity index (χ2n) is 9.05. The van der Waals surface area contributed by atoms with Gasteiger partial charge in [-0.25, -0.2) is 9.97 Å². The van der Waals surface area contributed by atoms with Crippen LogP contribution in [0.1, 0.15) is 46.3 Å². The molecule has 0 atom stereocenters. The summed E-state index contributed by atoms with van der Waals surface area (Å²) in [6.07, 6.45) is 5.65. The molecule has 176 valence electrons. The molecule has 1 aliphatic heterocycles. The summed E-state index contributed by atoms with van der Waals surface area (Å²) < 4.78 is 13.9. The highest BCUT2D eigenvalue weighted by Crippen LogP contribution is 2.30. The van der Waals surface area contributed by atoms with Crippen molar-refractivity contribution >= 4 is 22.7 Å². The SMILES string of the molecule is Cc1cccn2cc(COc3ccc(C(=O)N4CCC(c5nc6ccccc6o5)CC4)cc3)nc12. The average molecular weight is 467 g/mol. The molecule has 0 saturated carbocycles. The van der Waals surface area contributed by atoms with E-state index in [4.69, 9.17) is 9.15 Å².